The van der Waals surface area contributed by atoms with Crippen LogP contribution in [0.3, 0.4) is 0 Å². The van der Waals surface area contributed by atoms with Gasteiger partial charge in [0.25, 0.3) is 0 Å². The minimum atomic E-state index is -4.80. The molecule has 0 amide bonds. The third-order valence-corrected chi connectivity index (χ3v) is 10.6. The molecule has 4 N–H and O–H groups in total. The molecular formula is C39H58ClN6O8P. The van der Waals surface area contributed by atoms with Gasteiger partial charge in [-0.25, -0.2) is 14.1 Å². The summed E-state index contributed by atoms with van der Waals surface area (Å²) < 4.78 is 42.2. The van der Waals surface area contributed by atoms with Gasteiger partial charge >= 0.3 is 7.82 Å². The smallest absolute Gasteiger partial charge is 0.388 e. The van der Waals surface area contributed by atoms with Gasteiger partial charge in [-0.1, -0.05) is 102 Å². The zero-order valence-electron chi connectivity index (χ0n) is 32.2. The average Bonchev–Trinajstić information content (AvgIpc) is 3.59. The Kier molecular flexibility index (Phi) is 21.2. The first kappa shape index (κ1) is 46.2. The van der Waals surface area contributed by atoms with Gasteiger partial charge in [-0.3, -0.25) is 9.05 Å². The number of aliphatic hydroxyl groups is 1. The van der Waals surface area contributed by atoms with Crippen molar-refractivity contribution in [1.82, 2.24) is 14.6 Å². The minimum absolute atomic E-state index is 0.0282. The third kappa shape index (κ3) is 16.5. The summed E-state index contributed by atoms with van der Waals surface area (Å²) in [7, 11) is -3.62. The number of rotatable bonds is 30. The van der Waals surface area contributed by atoms with Crippen molar-refractivity contribution >= 4 is 30.8 Å². The van der Waals surface area contributed by atoms with E-state index < -0.39 is 38.8 Å². The number of aromatic nitrogens is 3. The molecule has 0 bridgehead atoms. The maximum Gasteiger partial charge on any atom is 0.472 e. The highest BCUT2D eigenvalue weighted by Gasteiger charge is 2.42. The maximum absolute atomic E-state index is 13.1. The topological polar surface area (TPSA) is 207 Å². The fraction of sp³-hybridized carbons (Fsp3) is 0.641. The van der Waals surface area contributed by atoms with E-state index in [-0.39, 0.29) is 25.5 Å². The quantitative estimate of drug-likeness (QED) is 0.0434. The van der Waals surface area contributed by atoms with Crippen LogP contribution < -0.4 is 5.73 Å². The third-order valence-electron chi connectivity index (χ3n) is 9.44. The second-order valence-corrected chi connectivity index (χ2v) is 15.7. The van der Waals surface area contributed by atoms with E-state index in [0.29, 0.717) is 34.0 Å². The highest BCUT2D eigenvalue weighted by atomic mass is 35.5. The number of hydrogen-bond donors (Lipinski definition) is 3. The van der Waals surface area contributed by atoms with Gasteiger partial charge in [0.15, 0.2) is 5.82 Å². The van der Waals surface area contributed by atoms with Crippen molar-refractivity contribution in [3.8, 4) is 12.1 Å². The number of nitriles is 2. The summed E-state index contributed by atoms with van der Waals surface area (Å²) in [4.78, 5) is 14.5. The summed E-state index contributed by atoms with van der Waals surface area (Å²) in [6.45, 7) is 1.62. The summed E-state index contributed by atoms with van der Waals surface area (Å²) >= 11 is 6.16. The zero-order chi connectivity index (χ0) is 39.9. The lowest BCUT2D eigenvalue weighted by atomic mass is 9.95. The first-order valence-corrected chi connectivity index (χ1v) is 21.2. The van der Waals surface area contributed by atoms with Crippen molar-refractivity contribution in [2.24, 2.45) is 0 Å². The van der Waals surface area contributed by atoms with Crippen LogP contribution in [-0.4, -0.2) is 75.9 Å². The van der Waals surface area contributed by atoms with Crippen LogP contribution in [-0.2, 0) is 40.9 Å². The van der Waals surface area contributed by atoms with Gasteiger partial charge in [-0.05, 0) is 42.3 Å². The summed E-state index contributed by atoms with van der Waals surface area (Å²) in [5.41, 5.74) is 5.85. The molecule has 14 nitrogen and oxygen atoms in total. The molecule has 16 heteroatoms. The van der Waals surface area contributed by atoms with Gasteiger partial charge < -0.3 is 29.9 Å². The maximum atomic E-state index is 13.1. The number of aliphatic hydroxyl groups excluding tert-OH is 1. The number of phosphoric acid groups is 1. The number of unbranched alkanes of at least 4 members (excludes halogenated alkanes) is 13. The second-order valence-electron chi connectivity index (χ2n) is 13.8. The normalized spacial score (nSPS) is 14.9. The Morgan fingerprint density at radius 3 is 2.24 bits per heavy atom. The molecule has 3 aromatic rings. The number of nitrogens with zero attached hydrogens (tertiary/aromatic N) is 5. The van der Waals surface area contributed by atoms with Gasteiger partial charge in [0.1, 0.15) is 36.7 Å². The van der Waals surface area contributed by atoms with Gasteiger partial charge in [0.05, 0.1) is 31.5 Å². The average molecular weight is 805 g/mol. The van der Waals surface area contributed by atoms with Crippen molar-refractivity contribution < 1.29 is 37.8 Å². The van der Waals surface area contributed by atoms with Crippen LogP contribution in [0.5, 0.6) is 0 Å². The molecule has 0 saturated heterocycles. The van der Waals surface area contributed by atoms with Crippen LogP contribution in [0.25, 0.3) is 5.52 Å². The van der Waals surface area contributed by atoms with Crippen molar-refractivity contribution in [3.05, 3.63) is 58.5 Å². The lowest BCUT2D eigenvalue weighted by Gasteiger charge is -2.30. The van der Waals surface area contributed by atoms with E-state index in [1.807, 2.05) is 6.07 Å². The van der Waals surface area contributed by atoms with Crippen molar-refractivity contribution in [2.45, 2.75) is 128 Å². The number of benzene rings is 1. The predicted molar refractivity (Wildman–Crippen MR) is 210 cm³/mol. The first-order valence-electron chi connectivity index (χ1n) is 19.3. The second kappa shape index (κ2) is 25.2. The SMILES string of the molecule is CCCCCCCCCCCCCCCCOC[C@@H](COP(=O)(O)OCC(C#N)(OC)[C@@H](O)Cc1ccc2c(N)ncnn12)OCc1cc(Cl)cc(C#N)c1. The molecule has 2 aromatic heterocycles. The zero-order valence-corrected chi connectivity index (χ0v) is 33.9. The standard InChI is InChI=1S/C39H58ClN6O8P/c1-3-4-5-6-7-8-9-10-11-12-13-14-15-16-19-51-26-35(52-25-32-20-31(24-41)21-33(40)22-32)27-53-55(48,49)54-29-39(28-42,50-2)37(47)23-34-17-18-36-38(43)44-30-45-46(34)36/h17-18,20-22,30,35,37,47H,3-16,19,23,25-27,29H2,1-2H3,(H,48,49)(H2,43,44,45)/t35-,37-,39?/m0/s1. The largest absolute Gasteiger partial charge is 0.472 e. The molecule has 0 fully saturated rings. The molecule has 2 unspecified atom stereocenters. The van der Waals surface area contributed by atoms with Crippen molar-refractivity contribution in [2.75, 3.05) is 39.3 Å². The van der Waals surface area contributed by atoms with Crippen molar-refractivity contribution in [1.29, 1.82) is 10.5 Å². The van der Waals surface area contributed by atoms with E-state index in [2.05, 4.69) is 23.1 Å². The minimum Gasteiger partial charge on any atom is -0.388 e. The van der Waals surface area contributed by atoms with Crippen LogP contribution in [0.15, 0.2) is 36.7 Å². The Bertz CT molecular complexity index is 1700. The summed E-state index contributed by atoms with van der Waals surface area (Å²) in [5.74, 6) is 0.234. The molecule has 55 heavy (non-hydrogen) atoms. The molecular weight excluding hydrogens is 747 g/mol. The molecule has 0 saturated carbocycles. The van der Waals surface area contributed by atoms with Gasteiger partial charge in [-0.2, -0.15) is 15.6 Å². The van der Waals surface area contributed by atoms with Crippen LogP contribution in [0.4, 0.5) is 5.82 Å². The number of ether oxygens (including phenoxy) is 3. The molecule has 0 aliphatic heterocycles. The van der Waals surface area contributed by atoms with E-state index in [4.69, 9.17) is 40.6 Å². The monoisotopic (exact) mass is 804 g/mol. The lowest BCUT2D eigenvalue weighted by molar-refractivity contribution is -0.0928. The van der Waals surface area contributed by atoms with Crippen LogP contribution in [0, 0.1) is 22.7 Å². The summed E-state index contributed by atoms with van der Waals surface area (Å²) in [6, 6.07) is 12.1. The molecule has 0 spiro atoms. The van der Waals surface area contributed by atoms with E-state index in [0.717, 1.165) is 19.3 Å². The summed E-state index contributed by atoms with van der Waals surface area (Å²) in [6.07, 6.45) is 16.3. The molecule has 3 rings (SSSR count). The van der Waals surface area contributed by atoms with E-state index >= 15 is 0 Å². The Labute approximate surface area is 330 Å². The van der Waals surface area contributed by atoms with E-state index in [9.17, 15) is 25.1 Å². The number of anilines is 1. The number of nitrogens with two attached hydrogens (primary N) is 1. The van der Waals surface area contributed by atoms with Crippen LogP contribution in [0.1, 0.15) is 114 Å². The fourth-order valence-electron chi connectivity index (χ4n) is 6.13. The fourth-order valence-corrected chi connectivity index (χ4v) is 7.17. The highest BCUT2D eigenvalue weighted by molar-refractivity contribution is 7.47. The first-order chi connectivity index (χ1) is 26.6. The number of halogens is 1. The number of fused-ring (bicyclic) bond motifs is 1. The Balaban J connectivity index is 1.47. The molecule has 0 radical (unpaired) electrons. The number of nitrogen functional groups attached to an aromatic ring is 1. The molecule has 1 aromatic carbocycles. The Morgan fingerprint density at radius 1 is 0.964 bits per heavy atom. The summed E-state index contributed by atoms with van der Waals surface area (Å²) in [5, 5.41) is 34.9. The Morgan fingerprint density at radius 2 is 1.62 bits per heavy atom. The van der Waals surface area contributed by atoms with Crippen LogP contribution in [0.2, 0.25) is 5.02 Å². The molecule has 2 heterocycles. The highest BCUT2D eigenvalue weighted by Crippen LogP contribution is 2.44. The lowest BCUT2D eigenvalue weighted by Crippen LogP contribution is -2.48. The molecule has 0 aliphatic carbocycles. The predicted octanol–water partition coefficient (Wildman–Crippen LogP) is 7.87. The molecule has 304 valence electrons. The van der Waals surface area contributed by atoms with E-state index in [1.54, 1.807) is 24.3 Å². The van der Waals surface area contributed by atoms with Gasteiger partial charge in [0, 0.05) is 30.9 Å². The number of methoxy groups -OCH3 is 1. The van der Waals surface area contributed by atoms with Crippen molar-refractivity contribution in [3.63, 3.8) is 0 Å². The molecule has 0 aliphatic rings. The number of hydrogen-bond acceptors (Lipinski definition) is 12. The Hall–Kier alpha value is -3.14. The van der Waals surface area contributed by atoms with E-state index in [1.165, 1.54) is 94.6 Å². The van der Waals surface area contributed by atoms with Gasteiger partial charge in [-0.15, -0.1) is 0 Å². The molecule has 4 atom stereocenters. The van der Waals surface area contributed by atoms with Crippen LogP contribution >= 0.6 is 19.4 Å². The number of phosphoric ester groups is 1. The van der Waals surface area contributed by atoms with Gasteiger partial charge in [0.2, 0.25) is 5.60 Å².